The molecule has 2 rings (SSSR count). The Labute approximate surface area is 101 Å². The standard InChI is InChI=1S/C11H18ClN3O/c1-14-5-3-9(4-6-14)8-15-11(12)10(16-2)7-13-15/h7,9H,3-6,8H2,1-2H3. The summed E-state index contributed by atoms with van der Waals surface area (Å²) >= 11 is 6.14. The van der Waals surface area contributed by atoms with E-state index in [1.165, 1.54) is 25.9 Å². The molecule has 0 unspecified atom stereocenters. The second-order valence-electron chi connectivity index (χ2n) is 4.43. The Kier molecular flexibility index (Phi) is 3.71. The van der Waals surface area contributed by atoms with Crippen LogP contribution >= 0.6 is 11.6 Å². The first-order valence-corrected chi connectivity index (χ1v) is 6.02. The lowest BCUT2D eigenvalue weighted by Crippen LogP contribution is -2.32. The van der Waals surface area contributed by atoms with Crippen LogP contribution in [0.5, 0.6) is 5.75 Å². The number of rotatable bonds is 3. The maximum Gasteiger partial charge on any atom is 0.175 e. The van der Waals surface area contributed by atoms with Crippen LogP contribution in [0.1, 0.15) is 12.8 Å². The highest BCUT2D eigenvalue weighted by Crippen LogP contribution is 2.26. The van der Waals surface area contributed by atoms with Gasteiger partial charge in [0.25, 0.3) is 0 Å². The topological polar surface area (TPSA) is 30.3 Å². The number of hydrogen-bond acceptors (Lipinski definition) is 3. The lowest BCUT2D eigenvalue weighted by molar-refractivity contribution is 0.201. The normalized spacial score (nSPS) is 18.9. The molecule has 0 radical (unpaired) electrons. The first kappa shape index (κ1) is 11.7. The summed E-state index contributed by atoms with van der Waals surface area (Å²) in [5.41, 5.74) is 0. The minimum Gasteiger partial charge on any atom is -0.492 e. The van der Waals surface area contributed by atoms with Crippen molar-refractivity contribution in [3.63, 3.8) is 0 Å². The Morgan fingerprint density at radius 1 is 1.50 bits per heavy atom. The number of piperidine rings is 1. The minimum absolute atomic E-state index is 0.612. The molecule has 0 atom stereocenters. The molecule has 2 heterocycles. The summed E-state index contributed by atoms with van der Waals surface area (Å²) in [6.45, 7) is 3.23. The lowest BCUT2D eigenvalue weighted by atomic mass is 9.97. The average Bonchev–Trinajstić information content (AvgIpc) is 2.63. The largest absolute Gasteiger partial charge is 0.492 e. The van der Waals surface area contributed by atoms with Crippen molar-refractivity contribution < 1.29 is 4.74 Å². The predicted molar refractivity (Wildman–Crippen MR) is 64.0 cm³/mol. The zero-order chi connectivity index (χ0) is 11.5. The van der Waals surface area contributed by atoms with Gasteiger partial charge in [-0.1, -0.05) is 11.6 Å². The molecule has 0 aromatic carbocycles. The molecule has 1 fully saturated rings. The average molecular weight is 244 g/mol. The van der Waals surface area contributed by atoms with Gasteiger partial charge in [0.2, 0.25) is 0 Å². The third kappa shape index (κ3) is 2.50. The second kappa shape index (κ2) is 5.06. The van der Waals surface area contributed by atoms with E-state index in [9.17, 15) is 0 Å². The lowest BCUT2D eigenvalue weighted by Gasteiger charge is -2.28. The Morgan fingerprint density at radius 2 is 2.19 bits per heavy atom. The number of halogens is 1. The summed E-state index contributed by atoms with van der Waals surface area (Å²) in [7, 11) is 3.78. The van der Waals surface area contributed by atoms with Crippen LogP contribution in [-0.4, -0.2) is 41.9 Å². The number of aromatic nitrogens is 2. The van der Waals surface area contributed by atoms with Crippen LogP contribution in [0.25, 0.3) is 0 Å². The molecule has 4 nitrogen and oxygen atoms in total. The van der Waals surface area contributed by atoms with E-state index in [4.69, 9.17) is 16.3 Å². The van der Waals surface area contributed by atoms with Crippen molar-refractivity contribution in [2.75, 3.05) is 27.2 Å². The van der Waals surface area contributed by atoms with E-state index in [1.54, 1.807) is 13.3 Å². The third-order valence-electron chi connectivity index (χ3n) is 3.23. The smallest absolute Gasteiger partial charge is 0.175 e. The molecular weight excluding hydrogens is 226 g/mol. The van der Waals surface area contributed by atoms with Crippen LogP contribution in [0.3, 0.4) is 0 Å². The van der Waals surface area contributed by atoms with E-state index >= 15 is 0 Å². The third-order valence-corrected chi connectivity index (χ3v) is 3.61. The van der Waals surface area contributed by atoms with Crippen molar-refractivity contribution in [2.24, 2.45) is 5.92 Å². The van der Waals surface area contributed by atoms with Crippen LogP contribution in [0.15, 0.2) is 6.20 Å². The van der Waals surface area contributed by atoms with Crippen LogP contribution in [0.2, 0.25) is 5.15 Å². The highest BCUT2D eigenvalue weighted by molar-refractivity contribution is 6.31. The molecule has 0 saturated carbocycles. The number of ether oxygens (including phenoxy) is 1. The first-order valence-electron chi connectivity index (χ1n) is 5.64. The van der Waals surface area contributed by atoms with E-state index in [0.29, 0.717) is 16.8 Å². The van der Waals surface area contributed by atoms with Gasteiger partial charge in [-0.2, -0.15) is 5.10 Å². The van der Waals surface area contributed by atoms with Crippen molar-refractivity contribution >= 4 is 11.6 Å². The fourth-order valence-electron chi connectivity index (χ4n) is 2.11. The first-order chi connectivity index (χ1) is 7.70. The van der Waals surface area contributed by atoms with Crippen LogP contribution in [0.4, 0.5) is 0 Å². The maximum absolute atomic E-state index is 6.14. The number of methoxy groups -OCH3 is 1. The summed E-state index contributed by atoms with van der Waals surface area (Å²) in [5.74, 6) is 1.34. The Balaban J connectivity index is 1.96. The molecule has 0 spiro atoms. The molecule has 90 valence electrons. The Bertz CT molecular complexity index is 345. The number of nitrogens with zero attached hydrogens (tertiary/aromatic N) is 3. The molecule has 0 bridgehead atoms. The van der Waals surface area contributed by atoms with E-state index in [1.807, 2.05) is 4.68 Å². The van der Waals surface area contributed by atoms with Gasteiger partial charge in [-0.15, -0.1) is 0 Å². The van der Waals surface area contributed by atoms with E-state index in [2.05, 4.69) is 17.0 Å². The van der Waals surface area contributed by atoms with Crippen molar-refractivity contribution in [3.05, 3.63) is 11.3 Å². The van der Waals surface area contributed by atoms with Gasteiger partial charge in [-0.3, -0.25) is 4.68 Å². The molecule has 1 aliphatic heterocycles. The SMILES string of the molecule is COc1cnn(CC2CCN(C)CC2)c1Cl. The molecule has 0 N–H and O–H groups in total. The number of likely N-dealkylation sites (tertiary alicyclic amines) is 1. The second-order valence-corrected chi connectivity index (χ2v) is 4.79. The molecule has 1 aromatic heterocycles. The molecular formula is C11H18ClN3O. The van der Waals surface area contributed by atoms with Gasteiger partial charge in [0.05, 0.1) is 13.3 Å². The monoisotopic (exact) mass is 243 g/mol. The molecule has 1 aliphatic rings. The minimum atomic E-state index is 0.612. The molecule has 0 aliphatic carbocycles. The van der Waals surface area contributed by atoms with Gasteiger partial charge in [0.1, 0.15) is 0 Å². The molecule has 5 heteroatoms. The zero-order valence-electron chi connectivity index (χ0n) is 9.82. The van der Waals surface area contributed by atoms with Gasteiger partial charge in [0, 0.05) is 6.54 Å². The fourth-order valence-corrected chi connectivity index (χ4v) is 2.35. The molecule has 16 heavy (non-hydrogen) atoms. The quantitative estimate of drug-likeness (QED) is 0.812. The predicted octanol–water partition coefficient (Wildman–Crippen LogP) is 1.89. The summed E-state index contributed by atoms with van der Waals surface area (Å²) in [6.07, 6.45) is 4.11. The summed E-state index contributed by atoms with van der Waals surface area (Å²) in [5, 5.41) is 4.86. The molecule has 1 aromatic rings. The van der Waals surface area contributed by atoms with Gasteiger partial charge in [-0.05, 0) is 38.9 Å². The Morgan fingerprint density at radius 3 is 2.75 bits per heavy atom. The molecule has 0 amide bonds. The highest BCUT2D eigenvalue weighted by atomic mass is 35.5. The zero-order valence-corrected chi connectivity index (χ0v) is 10.6. The van der Waals surface area contributed by atoms with Crippen molar-refractivity contribution in [3.8, 4) is 5.75 Å². The fraction of sp³-hybridized carbons (Fsp3) is 0.727. The van der Waals surface area contributed by atoms with Gasteiger partial charge < -0.3 is 9.64 Å². The van der Waals surface area contributed by atoms with Crippen molar-refractivity contribution in [1.82, 2.24) is 14.7 Å². The van der Waals surface area contributed by atoms with E-state index in [-0.39, 0.29) is 0 Å². The van der Waals surface area contributed by atoms with E-state index < -0.39 is 0 Å². The van der Waals surface area contributed by atoms with Gasteiger partial charge in [-0.25, -0.2) is 0 Å². The van der Waals surface area contributed by atoms with Crippen LogP contribution in [0, 0.1) is 5.92 Å². The van der Waals surface area contributed by atoms with Gasteiger partial charge >= 0.3 is 0 Å². The highest BCUT2D eigenvalue weighted by Gasteiger charge is 2.19. The van der Waals surface area contributed by atoms with Gasteiger partial charge in [0.15, 0.2) is 10.9 Å². The van der Waals surface area contributed by atoms with Crippen molar-refractivity contribution in [2.45, 2.75) is 19.4 Å². The summed E-state index contributed by atoms with van der Waals surface area (Å²) in [6, 6.07) is 0. The van der Waals surface area contributed by atoms with Crippen molar-refractivity contribution in [1.29, 1.82) is 0 Å². The van der Waals surface area contributed by atoms with Crippen LogP contribution < -0.4 is 4.74 Å². The molecule has 1 saturated heterocycles. The number of hydrogen-bond donors (Lipinski definition) is 0. The summed E-state index contributed by atoms with van der Waals surface area (Å²) < 4.78 is 6.95. The maximum atomic E-state index is 6.14. The van der Waals surface area contributed by atoms with Crippen LogP contribution in [-0.2, 0) is 6.54 Å². The van der Waals surface area contributed by atoms with E-state index in [0.717, 1.165) is 6.54 Å². The Hall–Kier alpha value is -0.740. The summed E-state index contributed by atoms with van der Waals surface area (Å²) in [4.78, 5) is 2.36.